The summed E-state index contributed by atoms with van der Waals surface area (Å²) in [5, 5.41) is 25.0. The maximum Gasteiger partial charge on any atom is 0.332 e. The summed E-state index contributed by atoms with van der Waals surface area (Å²) in [7, 11) is 3.28. The number of methoxy groups -OCH3 is 1. The Morgan fingerprint density at radius 3 is 2.41 bits per heavy atom. The van der Waals surface area contributed by atoms with Crippen LogP contribution in [0.3, 0.4) is 0 Å². The fourth-order valence-electron chi connectivity index (χ4n) is 4.25. The summed E-state index contributed by atoms with van der Waals surface area (Å²) in [5.74, 6) is 0.419. The third-order valence-electron chi connectivity index (χ3n) is 6.71. The molecule has 0 bridgehead atoms. The van der Waals surface area contributed by atoms with Crippen LogP contribution in [-0.2, 0) is 17.8 Å². The van der Waals surface area contributed by atoms with E-state index in [9.17, 15) is 14.4 Å². The van der Waals surface area contributed by atoms with Gasteiger partial charge in [0.05, 0.1) is 44.0 Å². The number of likely N-dealkylation sites (N-methyl/N-ethyl adjacent to an activating group) is 1. The third-order valence-corrected chi connectivity index (χ3v) is 7.99. The van der Waals surface area contributed by atoms with Gasteiger partial charge in [0.1, 0.15) is 21.6 Å². The Morgan fingerprint density at radius 2 is 1.85 bits per heavy atom. The molecule has 0 saturated heterocycles. The molecule has 41 heavy (non-hydrogen) atoms. The van der Waals surface area contributed by atoms with Crippen molar-refractivity contribution in [3.63, 3.8) is 0 Å². The molecule has 1 N–H and O–H groups in total. The van der Waals surface area contributed by atoms with Crippen LogP contribution < -0.4 is 16.0 Å². The van der Waals surface area contributed by atoms with Gasteiger partial charge < -0.3 is 14.7 Å². The van der Waals surface area contributed by atoms with Gasteiger partial charge in [-0.15, -0.1) is 4.80 Å². The third kappa shape index (κ3) is 6.55. The lowest BCUT2D eigenvalue weighted by Crippen LogP contribution is -2.47. The van der Waals surface area contributed by atoms with E-state index < -0.39 is 17.3 Å². The molecule has 13 heteroatoms. The number of amides is 1. The number of nitriles is 1. The molecule has 1 amide bonds. The minimum absolute atomic E-state index is 0.0174. The summed E-state index contributed by atoms with van der Waals surface area (Å²) < 4.78 is 8.13. The summed E-state index contributed by atoms with van der Waals surface area (Å²) in [6, 6.07) is 8.34. The molecule has 3 aromatic heterocycles. The monoisotopic (exact) mass is 581 g/mol. The first-order valence-corrected chi connectivity index (χ1v) is 13.9. The van der Waals surface area contributed by atoms with Crippen LogP contribution in [0.2, 0.25) is 0 Å². The van der Waals surface area contributed by atoms with Crippen molar-refractivity contribution >= 4 is 27.5 Å². The van der Waals surface area contributed by atoms with Gasteiger partial charge in [0.15, 0.2) is 0 Å². The van der Waals surface area contributed by atoms with Crippen LogP contribution in [0, 0.1) is 18.3 Å². The molecule has 4 rings (SSSR count). The second-order valence-electron chi connectivity index (χ2n) is 9.55. The number of ether oxygens (including phenoxy) is 1. The second kappa shape index (κ2) is 13.9. The number of carbonyl (C=O) groups excluding carboxylic acids is 1. The van der Waals surface area contributed by atoms with Gasteiger partial charge >= 0.3 is 5.69 Å². The van der Waals surface area contributed by atoms with E-state index in [1.165, 1.54) is 16.1 Å². The molecular weight excluding hydrogens is 546 g/mol. The Balaban J connectivity index is 0.000000850. The number of rotatable bonds is 9. The molecule has 1 atom stereocenters. The molecule has 4 aromatic rings. The highest BCUT2D eigenvalue weighted by Crippen LogP contribution is 2.31. The van der Waals surface area contributed by atoms with E-state index in [4.69, 9.17) is 15.1 Å². The lowest BCUT2D eigenvalue weighted by molar-refractivity contribution is -0.134. The van der Waals surface area contributed by atoms with Gasteiger partial charge in [0.2, 0.25) is 5.91 Å². The van der Waals surface area contributed by atoms with E-state index in [-0.39, 0.29) is 25.0 Å². The van der Waals surface area contributed by atoms with Crippen molar-refractivity contribution in [2.24, 2.45) is 0 Å². The minimum Gasteiger partial charge on any atom is -0.496 e. The normalized spacial score (nSPS) is 11.6. The second-order valence-corrected chi connectivity index (χ2v) is 10.5. The standard InChI is InChI=1S/C25H30N6O4S.C3H5NO/c1-15(2)28(5)21(32)17(4)30-22(33)20-16(3)23(31-26-12-13-27-31)36-24(20)29(25(30)34)14-11-18-9-7-8-10-19(18)35-6;4-2-1-3-5/h7-10,12-13,15,17H,11,14H2,1-6H3;5H,1,3H2. The highest BCUT2D eigenvalue weighted by molar-refractivity contribution is 7.21. The average Bonchev–Trinajstić information content (AvgIpc) is 3.61. The van der Waals surface area contributed by atoms with Crippen molar-refractivity contribution in [1.82, 2.24) is 29.0 Å². The maximum absolute atomic E-state index is 13.8. The zero-order valence-corrected chi connectivity index (χ0v) is 24.9. The van der Waals surface area contributed by atoms with Crippen molar-refractivity contribution < 1.29 is 14.6 Å². The topological polar surface area (TPSA) is 148 Å². The van der Waals surface area contributed by atoms with Crippen LogP contribution in [0.1, 0.15) is 44.4 Å². The number of benzene rings is 1. The van der Waals surface area contributed by atoms with Gasteiger partial charge in [-0.3, -0.25) is 14.2 Å². The molecule has 0 fully saturated rings. The first-order valence-electron chi connectivity index (χ1n) is 13.1. The van der Waals surface area contributed by atoms with Crippen molar-refractivity contribution in [3.8, 4) is 16.8 Å². The van der Waals surface area contributed by atoms with Crippen molar-refractivity contribution in [3.05, 3.63) is 68.6 Å². The fourth-order valence-corrected chi connectivity index (χ4v) is 5.49. The van der Waals surface area contributed by atoms with Gasteiger partial charge in [0.25, 0.3) is 5.56 Å². The number of aryl methyl sites for hydroxylation is 3. The van der Waals surface area contributed by atoms with Crippen LogP contribution in [0.5, 0.6) is 5.75 Å². The van der Waals surface area contributed by atoms with Crippen LogP contribution in [0.4, 0.5) is 0 Å². The number of carbonyl (C=O) groups is 1. The minimum atomic E-state index is -0.968. The predicted molar refractivity (Wildman–Crippen MR) is 157 cm³/mol. The lowest BCUT2D eigenvalue weighted by Gasteiger charge is -2.26. The summed E-state index contributed by atoms with van der Waals surface area (Å²) in [4.78, 5) is 44.2. The first-order chi connectivity index (χ1) is 19.6. The largest absolute Gasteiger partial charge is 0.496 e. The van der Waals surface area contributed by atoms with Crippen LogP contribution in [0.25, 0.3) is 15.2 Å². The molecule has 218 valence electrons. The smallest absolute Gasteiger partial charge is 0.332 e. The number of aromatic nitrogens is 5. The van der Waals surface area contributed by atoms with Gasteiger partial charge in [0, 0.05) is 25.2 Å². The van der Waals surface area contributed by atoms with E-state index in [2.05, 4.69) is 10.2 Å². The molecule has 0 aliphatic rings. The SMILES string of the molecule is COc1ccccc1CCn1c(=O)n(C(C)C(=O)N(C)C(C)C)c(=O)c2c(C)c(-n3nccn3)sc21.N#CCCO. The molecule has 1 unspecified atom stereocenters. The number of hydrogen-bond donors (Lipinski definition) is 1. The molecule has 12 nitrogen and oxygen atoms in total. The van der Waals surface area contributed by atoms with E-state index in [0.29, 0.717) is 33.7 Å². The number of thiophene rings is 1. The Morgan fingerprint density at radius 1 is 1.20 bits per heavy atom. The molecule has 1 aromatic carbocycles. The molecular formula is C28H35N7O5S. The van der Waals surface area contributed by atoms with Gasteiger partial charge in [-0.25, -0.2) is 9.36 Å². The Labute approximate surface area is 241 Å². The van der Waals surface area contributed by atoms with Crippen molar-refractivity contribution in [2.75, 3.05) is 20.8 Å². The van der Waals surface area contributed by atoms with E-state index in [0.717, 1.165) is 15.9 Å². The maximum atomic E-state index is 13.8. The zero-order chi connectivity index (χ0) is 30.3. The van der Waals surface area contributed by atoms with E-state index >= 15 is 0 Å². The van der Waals surface area contributed by atoms with E-state index in [1.807, 2.05) is 45.0 Å². The summed E-state index contributed by atoms with van der Waals surface area (Å²) >= 11 is 1.28. The van der Waals surface area contributed by atoms with E-state index in [1.54, 1.807) is 49.0 Å². The first kappa shape index (κ1) is 31.3. The number of aliphatic hydroxyl groups excluding tert-OH is 1. The molecule has 0 aliphatic heterocycles. The Kier molecular flexibility index (Phi) is 10.6. The number of hydrogen-bond acceptors (Lipinski definition) is 9. The number of fused-ring (bicyclic) bond motifs is 1. The zero-order valence-electron chi connectivity index (χ0n) is 24.1. The molecule has 3 heterocycles. The number of nitrogens with zero attached hydrogens (tertiary/aromatic N) is 7. The van der Waals surface area contributed by atoms with Gasteiger partial charge in [-0.2, -0.15) is 15.5 Å². The predicted octanol–water partition coefficient (Wildman–Crippen LogP) is 2.69. The Hall–Kier alpha value is -4.28. The van der Waals surface area contributed by atoms with Crippen molar-refractivity contribution in [2.45, 2.75) is 59.2 Å². The van der Waals surface area contributed by atoms with Crippen LogP contribution >= 0.6 is 11.3 Å². The van der Waals surface area contributed by atoms with Gasteiger partial charge in [-0.05, 0) is 45.7 Å². The molecule has 0 radical (unpaired) electrons. The van der Waals surface area contributed by atoms with Gasteiger partial charge in [-0.1, -0.05) is 29.5 Å². The van der Waals surface area contributed by atoms with Crippen LogP contribution in [0.15, 0.2) is 46.2 Å². The highest BCUT2D eigenvalue weighted by Gasteiger charge is 2.28. The molecule has 0 saturated carbocycles. The van der Waals surface area contributed by atoms with Crippen molar-refractivity contribution in [1.29, 1.82) is 5.26 Å². The quantitative estimate of drug-likeness (QED) is 0.317. The average molecular weight is 582 g/mol. The molecule has 0 spiro atoms. The summed E-state index contributed by atoms with van der Waals surface area (Å²) in [6.07, 6.45) is 3.86. The number of para-hydroxylation sites is 1. The summed E-state index contributed by atoms with van der Waals surface area (Å²) in [6.45, 7) is 7.45. The highest BCUT2D eigenvalue weighted by atomic mass is 32.1. The fraction of sp³-hybridized carbons (Fsp3) is 0.429. The Bertz CT molecular complexity index is 1650. The van der Waals surface area contributed by atoms with Crippen LogP contribution in [-0.4, -0.2) is 66.8 Å². The molecule has 0 aliphatic carbocycles. The number of aliphatic hydroxyl groups is 1. The summed E-state index contributed by atoms with van der Waals surface area (Å²) in [5.41, 5.74) is 0.576. The lowest BCUT2D eigenvalue weighted by atomic mass is 10.1.